The lowest BCUT2D eigenvalue weighted by atomic mass is 10.2. The van der Waals surface area contributed by atoms with Crippen LogP contribution in [0.3, 0.4) is 0 Å². The number of nitrogens with two attached hydrogens (primary N) is 1. The summed E-state index contributed by atoms with van der Waals surface area (Å²) in [5.74, 6) is 0.255. The molecule has 0 unspecified atom stereocenters. The second-order valence-electron chi connectivity index (χ2n) is 3.40. The molecule has 0 amide bonds. The maximum absolute atomic E-state index is 5.57. The smallest absolute Gasteiger partial charge is 0.240 e. The molecule has 0 bridgehead atoms. The molecule has 3 rings (SSSR count). The molecule has 1 aromatic carbocycles. The summed E-state index contributed by atoms with van der Waals surface area (Å²) in [5, 5.41) is 4.13. The Morgan fingerprint density at radius 2 is 1.88 bits per heavy atom. The van der Waals surface area contributed by atoms with Crippen LogP contribution in [-0.2, 0) is 0 Å². The second kappa shape index (κ2) is 3.30. The Bertz CT molecular complexity index is 629. The first-order chi connectivity index (χ1) is 7.84. The van der Waals surface area contributed by atoms with Crippen LogP contribution in [0.5, 0.6) is 0 Å². The zero-order valence-corrected chi connectivity index (χ0v) is 8.41. The van der Waals surface area contributed by atoms with Crippen LogP contribution in [0.25, 0.3) is 16.9 Å². The molecule has 0 fully saturated rings. The van der Waals surface area contributed by atoms with Gasteiger partial charge in [-0.15, -0.1) is 5.10 Å². The summed E-state index contributed by atoms with van der Waals surface area (Å²) in [7, 11) is 0. The number of anilines is 1. The molecule has 0 spiro atoms. The fourth-order valence-electron chi connectivity index (χ4n) is 1.64. The summed E-state index contributed by atoms with van der Waals surface area (Å²) in [6, 6.07) is 9.89. The molecule has 0 saturated heterocycles. The number of fused-ring (bicyclic) bond motifs is 1. The van der Waals surface area contributed by atoms with Crippen LogP contribution in [0.2, 0.25) is 0 Å². The van der Waals surface area contributed by atoms with E-state index < -0.39 is 0 Å². The van der Waals surface area contributed by atoms with Crippen molar-refractivity contribution in [2.45, 2.75) is 0 Å². The maximum Gasteiger partial charge on any atom is 0.240 e. The fourth-order valence-corrected chi connectivity index (χ4v) is 1.64. The van der Waals surface area contributed by atoms with E-state index in [-0.39, 0.29) is 5.95 Å². The van der Waals surface area contributed by atoms with Gasteiger partial charge in [0, 0.05) is 5.56 Å². The van der Waals surface area contributed by atoms with Gasteiger partial charge in [-0.05, 0) is 0 Å². The van der Waals surface area contributed by atoms with E-state index in [4.69, 9.17) is 5.73 Å². The topological polar surface area (TPSA) is 69.1 Å². The third-order valence-corrected chi connectivity index (χ3v) is 2.33. The van der Waals surface area contributed by atoms with E-state index in [0.717, 1.165) is 11.3 Å². The predicted octanol–water partition coefficient (Wildman–Crippen LogP) is 1.37. The first-order valence-electron chi connectivity index (χ1n) is 4.86. The number of benzene rings is 1. The fraction of sp³-hybridized carbons (Fsp3) is 0. The van der Waals surface area contributed by atoms with Gasteiger partial charge in [-0.2, -0.15) is 4.98 Å². The van der Waals surface area contributed by atoms with Crippen molar-refractivity contribution in [1.29, 1.82) is 0 Å². The lowest BCUT2D eigenvalue weighted by molar-refractivity contribution is 0.961. The van der Waals surface area contributed by atoms with E-state index in [0.29, 0.717) is 5.65 Å². The van der Waals surface area contributed by atoms with Crippen LogP contribution >= 0.6 is 0 Å². The van der Waals surface area contributed by atoms with Crippen molar-refractivity contribution in [3.63, 3.8) is 0 Å². The molecule has 0 aliphatic carbocycles. The van der Waals surface area contributed by atoms with E-state index in [9.17, 15) is 0 Å². The van der Waals surface area contributed by atoms with Gasteiger partial charge in [0.15, 0.2) is 5.65 Å². The van der Waals surface area contributed by atoms with E-state index in [1.54, 1.807) is 16.9 Å². The van der Waals surface area contributed by atoms with E-state index >= 15 is 0 Å². The Kier molecular flexibility index (Phi) is 1.83. The van der Waals surface area contributed by atoms with Crippen LogP contribution in [0, 0.1) is 0 Å². The number of aromatic nitrogens is 4. The number of rotatable bonds is 1. The van der Waals surface area contributed by atoms with Gasteiger partial charge in [0.2, 0.25) is 5.95 Å². The minimum atomic E-state index is 0.255. The van der Waals surface area contributed by atoms with Crippen molar-refractivity contribution >= 4 is 11.6 Å². The first kappa shape index (κ1) is 8.84. The average molecular weight is 211 g/mol. The second-order valence-corrected chi connectivity index (χ2v) is 3.40. The molecule has 5 heteroatoms. The van der Waals surface area contributed by atoms with Crippen LogP contribution in [0.15, 0.2) is 42.7 Å². The highest BCUT2D eigenvalue weighted by molar-refractivity contribution is 5.61. The standard InChI is InChI=1S/C11H9N5/c12-11-14-10-7-13-6-9(16(10)15-11)8-4-2-1-3-5-8/h1-7H,(H2,12,15). The van der Waals surface area contributed by atoms with Crippen molar-refractivity contribution in [3.8, 4) is 11.3 Å². The van der Waals surface area contributed by atoms with Crippen molar-refractivity contribution < 1.29 is 0 Å². The summed E-state index contributed by atoms with van der Waals surface area (Å²) >= 11 is 0. The molecular weight excluding hydrogens is 202 g/mol. The Balaban J connectivity index is 2.31. The molecule has 3 aromatic rings. The lowest BCUT2D eigenvalue weighted by Crippen LogP contribution is -1.95. The molecule has 0 aliphatic rings. The van der Waals surface area contributed by atoms with Crippen LogP contribution in [-0.4, -0.2) is 19.6 Å². The Hall–Kier alpha value is -2.43. The quantitative estimate of drug-likeness (QED) is 0.660. The molecule has 2 heterocycles. The van der Waals surface area contributed by atoms with Gasteiger partial charge in [-0.25, -0.2) is 4.52 Å². The molecule has 5 nitrogen and oxygen atoms in total. The van der Waals surface area contributed by atoms with E-state index in [2.05, 4.69) is 15.1 Å². The zero-order valence-electron chi connectivity index (χ0n) is 8.41. The zero-order chi connectivity index (χ0) is 11.0. The summed E-state index contributed by atoms with van der Waals surface area (Å²) in [6.45, 7) is 0. The molecule has 0 saturated carbocycles. The van der Waals surface area contributed by atoms with Crippen molar-refractivity contribution in [3.05, 3.63) is 42.7 Å². The molecular formula is C11H9N5. The largest absolute Gasteiger partial charge is 0.366 e. The molecule has 0 radical (unpaired) electrons. The van der Waals surface area contributed by atoms with Crippen molar-refractivity contribution in [2.24, 2.45) is 0 Å². The Morgan fingerprint density at radius 3 is 2.69 bits per heavy atom. The van der Waals surface area contributed by atoms with Gasteiger partial charge in [0.05, 0.1) is 18.1 Å². The molecule has 16 heavy (non-hydrogen) atoms. The summed E-state index contributed by atoms with van der Waals surface area (Å²) in [5.41, 5.74) is 8.13. The van der Waals surface area contributed by atoms with E-state index in [1.807, 2.05) is 30.3 Å². The maximum atomic E-state index is 5.57. The highest BCUT2D eigenvalue weighted by Crippen LogP contribution is 2.18. The third kappa shape index (κ3) is 1.30. The lowest BCUT2D eigenvalue weighted by Gasteiger charge is -2.02. The van der Waals surface area contributed by atoms with Gasteiger partial charge in [-0.1, -0.05) is 30.3 Å². The minimum absolute atomic E-state index is 0.255. The summed E-state index contributed by atoms with van der Waals surface area (Å²) in [6.07, 6.45) is 3.38. The van der Waals surface area contributed by atoms with Gasteiger partial charge >= 0.3 is 0 Å². The van der Waals surface area contributed by atoms with Gasteiger partial charge in [0.25, 0.3) is 0 Å². The van der Waals surface area contributed by atoms with Gasteiger partial charge in [0.1, 0.15) is 0 Å². The highest BCUT2D eigenvalue weighted by atomic mass is 15.3. The van der Waals surface area contributed by atoms with Crippen LogP contribution in [0.4, 0.5) is 5.95 Å². The molecule has 0 atom stereocenters. The number of hydrogen-bond acceptors (Lipinski definition) is 4. The number of hydrogen-bond donors (Lipinski definition) is 1. The first-order valence-corrected chi connectivity index (χ1v) is 4.86. The SMILES string of the molecule is Nc1nc2cncc(-c3ccccc3)n2n1. The molecule has 78 valence electrons. The number of nitrogen functional groups attached to an aromatic ring is 1. The Labute approximate surface area is 91.6 Å². The summed E-state index contributed by atoms with van der Waals surface area (Å²) < 4.78 is 1.69. The summed E-state index contributed by atoms with van der Waals surface area (Å²) in [4.78, 5) is 8.19. The Morgan fingerprint density at radius 1 is 1.06 bits per heavy atom. The van der Waals surface area contributed by atoms with Gasteiger partial charge < -0.3 is 5.73 Å². The molecule has 0 aliphatic heterocycles. The van der Waals surface area contributed by atoms with Crippen molar-refractivity contribution in [1.82, 2.24) is 19.6 Å². The third-order valence-electron chi connectivity index (χ3n) is 2.33. The van der Waals surface area contributed by atoms with Gasteiger partial charge in [-0.3, -0.25) is 4.98 Å². The number of nitrogens with zero attached hydrogens (tertiary/aromatic N) is 4. The van der Waals surface area contributed by atoms with E-state index in [1.165, 1.54) is 0 Å². The van der Waals surface area contributed by atoms with Crippen LogP contribution in [0.1, 0.15) is 0 Å². The molecule has 2 N–H and O–H groups in total. The highest BCUT2D eigenvalue weighted by Gasteiger charge is 2.06. The predicted molar refractivity (Wildman–Crippen MR) is 60.6 cm³/mol. The minimum Gasteiger partial charge on any atom is -0.366 e. The van der Waals surface area contributed by atoms with Crippen molar-refractivity contribution in [2.75, 3.05) is 5.73 Å². The normalized spacial score (nSPS) is 10.8. The average Bonchev–Trinajstić information content (AvgIpc) is 2.70. The molecule has 2 aromatic heterocycles. The van der Waals surface area contributed by atoms with Crippen LogP contribution < -0.4 is 5.73 Å². The monoisotopic (exact) mass is 211 g/mol.